The summed E-state index contributed by atoms with van der Waals surface area (Å²) in [6, 6.07) is 20.1. The van der Waals surface area contributed by atoms with Gasteiger partial charge in [0, 0.05) is 23.2 Å². The van der Waals surface area contributed by atoms with Crippen molar-refractivity contribution in [2.45, 2.75) is 19.5 Å². The van der Waals surface area contributed by atoms with E-state index in [0.29, 0.717) is 0 Å². The van der Waals surface area contributed by atoms with E-state index in [0.717, 1.165) is 52.6 Å². The number of carbonyl (C=O) groups excluding carboxylic acids is 1. The van der Waals surface area contributed by atoms with Gasteiger partial charge in [-0.2, -0.15) is 13.2 Å². The molecule has 0 fully saturated rings. The van der Waals surface area contributed by atoms with Crippen molar-refractivity contribution >= 4 is 34.0 Å². The van der Waals surface area contributed by atoms with E-state index in [1.807, 2.05) is 6.92 Å². The number of fused-ring (bicyclic) bond motifs is 2. The smallest absolute Gasteiger partial charge is 0.326 e. The predicted molar refractivity (Wildman–Crippen MR) is 123 cm³/mol. The summed E-state index contributed by atoms with van der Waals surface area (Å²) in [5.74, 6) is 0.295. The van der Waals surface area contributed by atoms with Gasteiger partial charge < -0.3 is 10.2 Å². The summed E-state index contributed by atoms with van der Waals surface area (Å²) >= 11 is 0. The first-order chi connectivity index (χ1) is 15.8. The minimum absolute atomic E-state index is 0.265. The average molecular weight is 447 g/mol. The van der Waals surface area contributed by atoms with Gasteiger partial charge in [-0.25, -0.2) is 4.98 Å². The van der Waals surface area contributed by atoms with Crippen LogP contribution in [0.2, 0.25) is 0 Å². The Balaban J connectivity index is 1.39. The number of hydrogen-bond acceptors (Lipinski definition) is 3. The number of pyridine rings is 1. The molecule has 4 aromatic rings. The molecule has 0 saturated heterocycles. The van der Waals surface area contributed by atoms with E-state index in [4.69, 9.17) is 4.98 Å². The van der Waals surface area contributed by atoms with Crippen LogP contribution in [0.25, 0.3) is 10.9 Å². The third kappa shape index (κ3) is 4.02. The third-order valence-corrected chi connectivity index (χ3v) is 5.81. The van der Waals surface area contributed by atoms with Crippen molar-refractivity contribution in [2.24, 2.45) is 0 Å². The lowest BCUT2D eigenvalue weighted by Gasteiger charge is -2.19. The minimum Gasteiger partial charge on any atom is -0.326 e. The number of benzene rings is 3. The zero-order valence-corrected chi connectivity index (χ0v) is 17.8. The van der Waals surface area contributed by atoms with Crippen molar-refractivity contribution in [3.8, 4) is 0 Å². The van der Waals surface area contributed by atoms with E-state index in [-0.39, 0.29) is 11.3 Å². The highest BCUT2D eigenvalue weighted by Crippen LogP contribution is 2.36. The molecule has 2 heterocycles. The molecule has 33 heavy (non-hydrogen) atoms. The Labute approximate surface area is 188 Å². The van der Waals surface area contributed by atoms with Crippen LogP contribution in [0.15, 0.2) is 72.8 Å². The number of aryl methyl sites for hydroxylation is 1. The lowest BCUT2D eigenvalue weighted by molar-refractivity contribution is -0.136. The highest BCUT2D eigenvalue weighted by atomic mass is 19.4. The van der Waals surface area contributed by atoms with Crippen LogP contribution in [-0.2, 0) is 12.6 Å². The molecule has 0 aliphatic carbocycles. The molecule has 4 nitrogen and oxygen atoms in total. The molecule has 0 unspecified atom stereocenters. The average Bonchev–Trinajstić information content (AvgIpc) is 3.20. The summed E-state index contributed by atoms with van der Waals surface area (Å²) in [6.45, 7) is 2.80. The van der Waals surface area contributed by atoms with Crippen LogP contribution >= 0.6 is 0 Å². The molecule has 166 valence electrons. The van der Waals surface area contributed by atoms with Crippen LogP contribution in [0.1, 0.15) is 27.0 Å². The van der Waals surface area contributed by atoms with Gasteiger partial charge in [0.2, 0.25) is 0 Å². The Bertz CT molecular complexity index is 1360. The highest BCUT2D eigenvalue weighted by Gasteiger charge is 2.33. The number of anilines is 3. The number of rotatable bonds is 3. The topological polar surface area (TPSA) is 45.2 Å². The number of amides is 1. The first-order valence-electron chi connectivity index (χ1n) is 10.5. The van der Waals surface area contributed by atoms with Crippen LogP contribution in [0.3, 0.4) is 0 Å². The van der Waals surface area contributed by atoms with Crippen LogP contribution in [0, 0.1) is 6.92 Å². The zero-order valence-electron chi connectivity index (χ0n) is 17.8. The van der Waals surface area contributed by atoms with E-state index in [9.17, 15) is 18.0 Å². The van der Waals surface area contributed by atoms with Crippen molar-refractivity contribution in [3.05, 3.63) is 95.1 Å². The highest BCUT2D eigenvalue weighted by molar-refractivity contribution is 6.05. The van der Waals surface area contributed by atoms with Crippen molar-refractivity contribution < 1.29 is 18.0 Å². The molecule has 0 atom stereocenters. The lowest BCUT2D eigenvalue weighted by atomic mass is 10.1. The van der Waals surface area contributed by atoms with Crippen molar-refractivity contribution in [1.29, 1.82) is 0 Å². The predicted octanol–water partition coefficient (Wildman–Crippen LogP) is 6.51. The number of hydrogen-bond donors (Lipinski definition) is 1. The van der Waals surface area contributed by atoms with Gasteiger partial charge in [0.25, 0.3) is 5.91 Å². The summed E-state index contributed by atoms with van der Waals surface area (Å²) in [5.41, 5.74) is 3.24. The van der Waals surface area contributed by atoms with Gasteiger partial charge in [0.15, 0.2) is 0 Å². The molecule has 3 aromatic carbocycles. The molecular formula is C26H20F3N3O. The molecule has 1 aromatic heterocycles. The Morgan fingerprint density at radius 1 is 1.00 bits per heavy atom. The number of alkyl halides is 3. The first kappa shape index (κ1) is 21.0. The molecule has 0 spiro atoms. The first-order valence-corrected chi connectivity index (χ1v) is 10.5. The fourth-order valence-electron chi connectivity index (χ4n) is 4.14. The van der Waals surface area contributed by atoms with Crippen molar-refractivity contribution in [2.75, 3.05) is 16.8 Å². The molecular weight excluding hydrogens is 427 g/mol. The van der Waals surface area contributed by atoms with Gasteiger partial charge in [-0.05, 0) is 73.0 Å². The van der Waals surface area contributed by atoms with Crippen molar-refractivity contribution in [1.82, 2.24) is 4.98 Å². The standard InChI is InChI=1S/C26H20F3N3O/c1-16-6-7-18-15-19-12-13-32(24(19)30-23(18)14-16)20-10-8-17(9-11-20)25(33)31-22-5-3-2-4-21(22)26(27,28)29/h2-11,14-15H,12-13H2,1H3,(H,31,33). The number of nitrogens with one attached hydrogen (secondary N) is 1. The maximum atomic E-state index is 13.2. The normalized spacial score (nSPS) is 13.3. The van der Waals surface area contributed by atoms with Gasteiger partial charge in [-0.3, -0.25) is 4.79 Å². The summed E-state index contributed by atoms with van der Waals surface area (Å²) in [7, 11) is 0. The number of aromatic nitrogens is 1. The molecule has 7 heteroatoms. The zero-order chi connectivity index (χ0) is 23.2. The fraction of sp³-hybridized carbons (Fsp3) is 0.154. The Morgan fingerprint density at radius 2 is 1.76 bits per heavy atom. The maximum absolute atomic E-state index is 13.2. The Morgan fingerprint density at radius 3 is 2.52 bits per heavy atom. The Hall–Kier alpha value is -3.87. The second-order valence-corrected chi connectivity index (χ2v) is 8.11. The van der Waals surface area contributed by atoms with Gasteiger partial charge in [-0.15, -0.1) is 0 Å². The quantitative estimate of drug-likeness (QED) is 0.390. The maximum Gasteiger partial charge on any atom is 0.418 e. The molecule has 1 amide bonds. The summed E-state index contributed by atoms with van der Waals surface area (Å²) in [5, 5.41) is 3.48. The number of carbonyl (C=O) groups is 1. The SMILES string of the molecule is Cc1ccc2cc3c(nc2c1)N(c1ccc(C(=O)Nc2ccccc2C(F)(F)F)cc1)CC3. The molecule has 0 radical (unpaired) electrons. The summed E-state index contributed by atoms with van der Waals surface area (Å²) < 4.78 is 39.6. The second kappa shape index (κ2) is 7.92. The number of para-hydroxylation sites is 1. The van der Waals surface area contributed by atoms with E-state index in [2.05, 4.69) is 34.5 Å². The van der Waals surface area contributed by atoms with Gasteiger partial charge in [-0.1, -0.05) is 24.3 Å². The molecule has 1 N–H and O–H groups in total. The molecule has 0 bridgehead atoms. The second-order valence-electron chi connectivity index (χ2n) is 8.11. The minimum atomic E-state index is -4.55. The Kier molecular flexibility index (Phi) is 5.04. The van der Waals surface area contributed by atoms with Crippen LogP contribution in [0.4, 0.5) is 30.4 Å². The van der Waals surface area contributed by atoms with Crippen LogP contribution in [0.5, 0.6) is 0 Å². The van der Waals surface area contributed by atoms with Crippen molar-refractivity contribution in [3.63, 3.8) is 0 Å². The summed E-state index contributed by atoms with van der Waals surface area (Å²) in [4.78, 5) is 19.6. The third-order valence-electron chi connectivity index (χ3n) is 5.81. The van der Waals surface area contributed by atoms with Crippen LogP contribution < -0.4 is 10.2 Å². The van der Waals surface area contributed by atoms with Crippen LogP contribution in [-0.4, -0.2) is 17.4 Å². The lowest BCUT2D eigenvalue weighted by Crippen LogP contribution is -2.17. The number of nitrogens with zero attached hydrogens (tertiary/aromatic N) is 2. The number of halogens is 3. The molecule has 1 aliphatic rings. The van der Waals surface area contributed by atoms with E-state index < -0.39 is 17.6 Å². The van der Waals surface area contributed by atoms with Gasteiger partial charge in [0.05, 0.1) is 16.8 Å². The largest absolute Gasteiger partial charge is 0.418 e. The monoisotopic (exact) mass is 447 g/mol. The van der Waals surface area contributed by atoms with Gasteiger partial charge >= 0.3 is 6.18 Å². The van der Waals surface area contributed by atoms with E-state index in [1.54, 1.807) is 24.3 Å². The van der Waals surface area contributed by atoms with E-state index in [1.165, 1.54) is 18.2 Å². The summed E-state index contributed by atoms with van der Waals surface area (Å²) in [6.07, 6.45) is -3.69. The molecule has 5 rings (SSSR count). The molecule has 1 aliphatic heterocycles. The fourth-order valence-corrected chi connectivity index (χ4v) is 4.14. The van der Waals surface area contributed by atoms with Gasteiger partial charge in [0.1, 0.15) is 5.82 Å². The molecule has 0 saturated carbocycles. The van der Waals surface area contributed by atoms with E-state index >= 15 is 0 Å².